The molecule has 2 bridgehead atoms. The van der Waals surface area contributed by atoms with Crippen molar-refractivity contribution in [3.63, 3.8) is 0 Å². The standard InChI is InChI=1S/C25H27FN4O2.C10H16O4S/c1-30(16-3-2-4-17-30)18-15-28-25(31)23-13-14-27-24(29-23)19-5-9-21(10-6-19)32-22-11-7-20(26)8-12-22;1-9(2)7-3-4-10(9,8(11)5-7)6-15(12,13)14/h5-14H,2-4,15-18H2,1H3;7H,3-6H2,1-2H3,(H,12,13,14). The minimum atomic E-state index is -4.33. The Labute approximate surface area is 276 Å². The SMILES string of the molecule is CC1(C)C2CCC1(CS(=O)(=O)[O-])C(=O)C2.C[N+]1(CCNC(=O)c2ccnc(-c3ccc(Oc4ccc(F)cc4)cc3)n2)CCCCC1. The number of likely N-dealkylation sites (tertiary alicyclic amines) is 1. The number of nitrogens with zero attached hydrogens (tertiary/aromatic N) is 3. The number of benzene rings is 2. The van der Waals surface area contributed by atoms with Gasteiger partial charge in [-0.15, -0.1) is 0 Å². The number of nitrogens with one attached hydrogen (secondary N) is 1. The van der Waals surface area contributed by atoms with Crippen LogP contribution in [0.3, 0.4) is 0 Å². The van der Waals surface area contributed by atoms with Gasteiger partial charge < -0.3 is 19.1 Å². The lowest BCUT2D eigenvalue weighted by Crippen LogP contribution is -2.51. The average Bonchev–Trinajstić information content (AvgIpc) is 3.37. The first kappa shape index (κ1) is 34.6. The van der Waals surface area contributed by atoms with Crippen molar-refractivity contribution in [1.29, 1.82) is 0 Å². The Kier molecular flexibility index (Phi) is 10.1. The molecule has 1 amide bonds. The number of carbonyl (C=O) groups excluding carboxylic acids is 2. The molecule has 3 aromatic rings. The minimum absolute atomic E-state index is 0.0248. The molecule has 2 heterocycles. The summed E-state index contributed by atoms with van der Waals surface area (Å²) in [5.41, 5.74) is -0.0970. The summed E-state index contributed by atoms with van der Waals surface area (Å²) in [5, 5.41) is 3.00. The van der Waals surface area contributed by atoms with Crippen LogP contribution in [0, 0.1) is 22.6 Å². The average molecular weight is 667 g/mol. The molecule has 252 valence electrons. The molecule has 6 rings (SSSR count). The van der Waals surface area contributed by atoms with Gasteiger partial charge in [0.25, 0.3) is 5.91 Å². The number of Topliss-reactive ketones (excluding diaryl/α,β-unsaturated/α-hetero) is 1. The molecule has 2 unspecified atom stereocenters. The molecule has 1 aliphatic heterocycles. The quantitative estimate of drug-likeness (QED) is 0.238. The van der Waals surface area contributed by atoms with Crippen LogP contribution in [-0.2, 0) is 14.9 Å². The smallest absolute Gasteiger partial charge is 0.270 e. The van der Waals surface area contributed by atoms with E-state index in [1.807, 2.05) is 26.0 Å². The maximum atomic E-state index is 13.0. The molecule has 0 radical (unpaired) electrons. The highest BCUT2D eigenvalue weighted by atomic mass is 32.2. The lowest BCUT2D eigenvalue weighted by molar-refractivity contribution is -0.912. The number of fused-ring (bicyclic) bond motifs is 2. The number of halogens is 1. The van der Waals surface area contributed by atoms with E-state index < -0.39 is 21.3 Å². The number of ketones is 1. The number of rotatable bonds is 9. The molecule has 0 spiro atoms. The van der Waals surface area contributed by atoms with Crippen molar-refractivity contribution in [2.75, 3.05) is 39.0 Å². The van der Waals surface area contributed by atoms with Crippen LogP contribution in [-0.4, -0.2) is 78.1 Å². The highest BCUT2D eigenvalue weighted by Gasteiger charge is 2.64. The minimum Gasteiger partial charge on any atom is -0.748 e. The second kappa shape index (κ2) is 13.8. The van der Waals surface area contributed by atoms with Crippen molar-refractivity contribution in [1.82, 2.24) is 15.3 Å². The number of aromatic nitrogens is 2. The molecule has 2 aromatic carbocycles. The molecule has 1 saturated heterocycles. The predicted octanol–water partition coefficient (Wildman–Crippen LogP) is 5.36. The fourth-order valence-electron chi connectivity index (χ4n) is 7.37. The van der Waals surface area contributed by atoms with Crippen LogP contribution < -0.4 is 10.1 Å². The molecule has 3 fully saturated rings. The zero-order valence-electron chi connectivity index (χ0n) is 27.2. The second-order valence-corrected chi connectivity index (χ2v) is 15.2. The van der Waals surface area contributed by atoms with Crippen LogP contribution in [0.4, 0.5) is 4.39 Å². The molecular weight excluding hydrogens is 623 g/mol. The van der Waals surface area contributed by atoms with Gasteiger partial charge in [0.05, 0.1) is 49.1 Å². The third-order valence-electron chi connectivity index (χ3n) is 10.4. The summed E-state index contributed by atoms with van der Waals surface area (Å²) in [4.78, 5) is 33.2. The topological polar surface area (TPSA) is 138 Å². The number of hydrogen-bond donors (Lipinski definition) is 1. The van der Waals surface area contributed by atoms with Gasteiger partial charge >= 0.3 is 0 Å². The third-order valence-corrected chi connectivity index (χ3v) is 11.3. The molecule has 12 heteroatoms. The Morgan fingerprint density at radius 1 is 1.04 bits per heavy atom. The normalized spacial score (nSPS) is 22.7. The number of ether oxygens (including phenoxy) is 1. The van der Waals surface area contributed by atoms with E-state index in [0.717, 1.165) is 23.0 Å². The van der Waals surface area contributed by atoms with E-state index in [1.165, 1.54) is 44.5 Å². The summed E-state index contributed by atoms with van der Waals surface area (Å²) < 4.78 is 52.4. The van der Waals surface area contributed by atoms with Crippen molar-refractivity contribution >= 4 is 21.8 Å². The summed E-state index contributed by atoms with van der Waals surface area (Å²) in [6.45, 7) is 7.74. The highest BCUT2D eigenvalue weighted by Crippen LogP contribution is 2.64. The van der Waals surface area contributed by atoms with Crippen LogP contribution in [0.25, 0.3) is 11.4 Å². The Bertz CT molecular complexity index is 1690. The van der Waals surface area contributed by atoms with Crippen LogP contribution in [0.1, 0.15) is 62.9 Å². The van der Waals surface area contributed by atoms with Crippen molar-refractivity contribution in [3.05, 3.63) is 72.3 Å². The van der Waals surface area contributed by atoms with E-state index >= 15 is 0 Å². The van der Waals surface area contributed by atoms with Gasteiger partial charge in [-0.3, -0.25) is 9.59 Å². The van der Waals surface area contributed by atoms with Crippen molar-refractivity contribution in [2.45, 2.75) is 52.4 Å². The molecule has 1 aromatic heterocycles. The number of carbonyl (C=O) groups is 2. The fraction of sp³-hybridized carbons (Fsp3) is 0.486. The molecule has 2 saturated carbocycles. The molecule has 1 N–H and O–H groups in total. The molecular formula is C35H43FN4O6S. The summed E-state index contributed by atoms with van der Waals surface area (Å²) in [6.07, 6.45) is 7.30. The zero-order valence-corrected chi connectivity index (χ0v) is 28.0. The van der Waals surface area contributed by atoms with Gasteiger partial charge in [-0.1, -0.05) is 13.8 Å². The van der Waals surface area contributed by atoms with Gasteiger partial charge in [0.1, 0.15) is 28.8 Å². The monoisotopic (exact) mass is 666 g/mol. The number of quaternary nitrogens is 1. The Balaban J connectivity index is 0.000000241. The number of piperidine rings is 1. The third kappa shape index (κ3) is 8.05. The fourth-order valence-corrected chi connectivity index (χ4v) is 8.65. The first-order valence-corrected chi connectivity index (χ1v) is 17.7. The molecule has 10 nitrogen and oxygen atoms in total. The molecule has 47 heavy (non-hydrogen) atoms. The van der Waals surface area contributed by atoms with Crippen LogP contribution in [0.5, 0.6) is 11.5 Å². The van der Waals surface area contributed by atoms with E-state index in [9.17, 15) is 27.0 Å². The van der Waals surface area contributed by atoms with Gasteiger partial charge in [0.15, 0.2) is 5.82 Å². The van der Waals surface area contributed by atoms with Gasteiger partial charge in [0, 0.05) is 23.6 Å². The van der Waals surface area contributed by atoms with Crippen molar-refractivity contribution in [2.24, 2.45) is 16.7 Å². The van der Waals surface area contributed by atoms with E-state index in [2.05, 4.69) is 22.3 Å². The number of likely N-dealkylation sites (N-methyl/N-ethyl adjacent to an activating group) is 1. The molecule has 2 aliphatic carbocycles. The maximum Gasteiger partial charge on any atom is 0.270 e. The predicted molar refractivity (Wildman–Crippen MR) is 174 cm³/mol. The molecule has 2 atom stereocenters. The van der Waals surface area contributed by atoms with Crippen LogP contribution in [0.15, 0.2) is 60.8 Å². The number of hydrogen-bond acceptors (Lipinski definition) is 8. The summed E-state index contributed by atoms with van der Waals surface area (Å²) in [7, 11) is -2.06. The maximum absolute atomic E-state index is 13.0. The van der Waals surface area contributed by atoms with Gasteiger partial charge in [0.2, 0.25) is 0 Å². The lowest BCUT2D eigenvalue weighted by Gasteiger charge is -2.37. The van der Waals surface area contributed by atoms with Crippen LogP contribution >= 0.6 is 0 Å². The Hall–Kier alpha value is -3.74. The van der Waals surface area contributed by atoms with Crippen molar-refractivity contribution < 1.29 is 36.2 Å². The van der Waals surface area contributed by atoms with Crippen molar-refractivity contribution in [3.8, 4) is 22.9 Å². The highest BCUT2D eigenvalue weighted by molar-refractivity contribution is 7.85. The second-order valence-electron chi connectivity index (χ2n) is 13.8. The van der Waals surface area contributed by atoms with E-state index in [4.69, 9.17) is 4.74 Å². The molecule has 3 aliphatic rings. The summed E-state index contributed by atoms with van der Waals surface area (Å²) in [5.74, 6) is 0.862. The first-order valence-electron chi connectivity index (χ1n) is 16.2. The number of amides is 1. The van der Waals surface area contributed by atoms with E-state index in [-0.39, 0.29) is 28.8 Å². The summed E-state index contributed by atoms with van der Waals surface area (Å²) in [6, 6.07) is 14.7. The summed E-state index contributed by atoms with van der Waals surface area (Å²) >= 11 is 0. The lowest BCUT2D eigenvalue weighted by atomic mass is 9.70. The largest absolute Gasteiger partial charge is 0.748 e. The van der Waals surface area contributed by atoms with Crippen LogP contribution in [0.2, 0.25) is 0 Å². The van der Waals surface area contributed by atoms with Gasteiger partial charge in [-0.25, -0.2) is 22.8 Å². The Morgan fingerprint density at radius 3 is 2.26 bits per heavy atom. The van der Waals surface area contributed by atoms with Gasteiger partial charge in [-0.05, 0) is 98.0 Å². The first-order chi connectivity index (χ1) is 22.2. The Morgan fingerprint density at radius 2 is 1.68 bits per heavy atom. The van der Waals surface area contributed by atoms with E-state index in [0.29, 0.717) is 42.4 Å². The van der Waals surface area contributed by atoms with Gasteiger partial charge in [-0.2, -0.15) is 0 Å². The van der Waals surface area contributed by atoms with E-state index in [1.54, 1.807) is 36.5 Å². The zero-order chi connectivity index (χ0) is 33.9.